The van der Waals surface area contributed by atoms with E-state index in [4.69, 9.17) is 4.74 Å². The zero-order chi connectivity index (χ0) is 102. The first-order chi connectivity index (χ1) is 60.9. The van der Waals surface area contributed by atoms with Crippen LogP contribution in [0, 0.1) is 129 Å². The maximum atomic E-state index is 5.25. The first-order valence-corrected chi connectivity index (χ1v) is 54.1. The average molecular weight is 1820 g/mol. The van der Waals surface area contributed by atoms with E-state index in [1.54, 1.807) is 6.20 Å². The van der Waals surface area contributed by atoms with Crippen LogP contribution in [0.2, 0.25) is 0 Å². The van der Waals surface area contributed by atoms with Crippen molar-refractivity contribution < 1.29 is 4.74 Å². The Labute approximate surface area is 825 Å². The van der Waals surface area contributed by atoms with Gasteiger partial charge in [0, 0.05) is 62.3 Å². The van der Waals surface area contributed by atoms with Gasteiger partial charge in [-0.25, -0.2) is 0 Å². The summed E-state index contributed by atoms with van der Waals surface area (Å²) in [6.07, 6.45) is 37.9. The Hall–Kier alpha value is -5.00. The molecule has 0 bridgehead atoms. The molecule has 5 heteroatoms. The highest BCUT2D eigenvalue weighted by Gasteiger charge is 2.20. The number of pyridine rings is 4. The molecule has 3 fully saturated rings. The standard InChI is InChI=1S/C10H14.C9H13N.C9H18.C9H12.3C8H11N.C8H16O.C8H16.C8H18.5C7H16.C6H14/c1-9(2)8-10-6-4-3-5-7-10;1-8(2)6-9-4-3-5-10-7-9;2*1-8(2)9-6-4-3-5-7-9;1-7(2)8-3-5-9-6-4-8;1-7(2)8-4-3-5-9-6-8;1-7(2)8-5-3-4-6-9-8;1-7(2)8-3-5-9-6-4-8;1-7(2)8-5-3-4-6-8;1-7(2)6-8(3,4)5;1-6(2)7(3,4)5;1-6(2)5-7(3)4;3*1-5-7(4)6(2)3;1-5(2)6(3)4/h3-7,9H,8H2,1-2H3;3-5,7-8H,6H2,1-2H3;8-9H,3-7H2,1-2H3;3-8H,1-2H3;3*3-7H,1-2H3;7-8H,3-6H2,1-2H3;7-8H,3-6H2,1-2H3;7H,6H2,1-5H3;6H,1-5H3;4*6-7H,5H2,1-4H3;5-6H,1-4H3/t;;;;;;;;;;;;2*7-;;/m............10../s1. The first kappa shape index (κ1) is 139. The minimum absolute atomic E-state index is 0.500. The van der Waals surface area contributed by atoms with Crippen LogP contribution in [0.5, 0.6) is 0 Å². The van der Waals surface area contributed by atoms with Crippen LogP contribution in [0.25, 0.3) is 0 Å². The largest absolute Gasteiger partial charge is 0.381 e. The van der Waals surface area contributed by atoms with E-state index in [1.807, 2.05) is 85.7 Å². The van der Waals surface area contributed by atoms with Crippen LogP contribution >= 0.6 is 0 Å². The fraction of sp³-hybridized carbons (Fsp3) is 0.746. The minimum atomic E-state index is 0.500. The molecule has 9 rings (SSSR count). The molecule has 2 aromatic carbocycles. The second kappa shape index (κ2) is 87.7. The summed E-state index contributed by atoms with van der Waals surface area (Å²) in [6.45, 7) is 110. The van der Waals surface area contributed by atoms with Crippen LogP contribution in [0.3, 0.4) is 0 Å². The molecule has 3 aliphatic rings. The van der Waals surface area contributed by atoms with Gasteiger partial charge >= 0.3 is 0 Å². The van der Waals surface area contributed by atoms with Gasteiger partial charge in [-0.1, -0.05) is 488 Å². The molecule has 0 N–H and O–H groups in total. The van der Waals surface area contributed by atoms with Crippen LogP contribution in [-0.4, -0.2) is 33.1 Å². The van der Waals surface area contributed by atoms with Crippen molar-refractivity contribution in [2.45, 2.75) is 472 Å². The lowest BCUT2D eigenvalue weighted by Crippen LogP contribution is -2.19. The number of benzene rings is 2. The molecule has 1 unspecified atom stereocenters. The molecular formula is C126H234N4O. The highest BCUT2D eigenvalue weighted by molar-refractivity contribution is 5.18. The van der Waals surface area contributed by atoms with Crippen LogP contribution < -0.4 is 0 Å². The summed E-state index contributed by atoms with van der Waals surface area (Å²) in [5, 5.41) is 0. The number of aromatic nitrogens is 4. The normalized spacial score (nSPS) is 13.9. The van der Waals surface area contributed by atoms with Crippen LogP contribution in [0.15, 0.2) is 159 Å². The van der Waals surface area contributed by atoms with Crippen molar-refractivity contribution in [1.29, 1.82) is 0 Å². The summed E-state index contributed by atoms with van der Waals surface area (Å²) in [6, 6.07) is 39.4. The molecule has 4 aromatic heterocycles. The van der Waals surface area contributed by atoms with E-state index in [-0.39, 0.29) is 0 Å². The third-order valence-corrected chi connectivity index (χ3v) is 25.8. The monoisotopic (exact) mass is 1820 g/mol. The molecule has 0 amide bonds. The topological polar surface area (TPSA) is 60.8 Å². The fourth-order valence-electron chi connectivity index (χ4n) is 13.5. The molecule has 3 atom stereocenters. The molecule has 1 aliphatic heterocycles. The third kappa shape index (κ3) is 97.9. The van der Waals surface area contributed by atoms with Gasteiger partial charge in [0.05, 0.1) is 0 Å². The second-order valence-electron chi connectivity index (χ2n) is 47.1. The van der Waals surface area contributed by atoms with Crippen molar-refractivity contribution in [1.82, 2.24) is 19.9 Å². The molecule has 6 aromatic rings. The molecular weight excluding hydrogens is 1590 g/mol. The summed E-state index contributed by atoms with van der Waals surface area (Å²) in [5.74, 6) is 20.1. The molecule has 131 heavy (non-hydrogen) atoms. The van der Waals surface area contributed by atoms with Crippen LogP contribution in [0.1, 0.15) is 492 Å². The Morgan fingerprint density at radius 1 is 0.298 bits per heavy atom. The van der Waals surface area contributed by atoms with E-state index in [2.05, 4.69) is 419 Å². The van der Waals surface area contributed by atoms with Gasteiger partial charge in [-0.3, -0.25) is 19.9 Å². The van der Waals surface area contributed by atoms with Crippen molar-refractivity contribution in [2.75, 3.05) is 13.2 Å². The molecule has 2 aliphatic carbocycles. The maximum Gasteiger partial charge on any atom is 0.0468 e. The maximum absolute atomic E-state index is 5.25. The average Bonchev–Trinajstić information content (AvgIpc) is 1.42. The van der Waals surface area contributed by atoms with Gasteiger partial charge in [-0.05, 0) is 256 Å². The van der Waals surface area contributed by atoms with E-state index in [0.717, 1.165) is 144 Å². The zero-order valence-electron chi connectivity index (χ0n) is 97.2. The molecule has 0 radical (unpaired) electrons. The highest BCUT2D eigenvalue weighted by Crippen LogP contribution is 2.32. The van der Waals surface area contributed by atoms with Gasteiger partial charge in [-0.2, -0.15) is 0 Å². The van der Waals surface area contributed by atoms with Gasteiger partial charge < -0.3 is 4.74 Å². The van der Waals surface area contributed by atoms with E-state index < -0.39 is 0 Å². The lowest BCUT2D eigenvalue weighted by molar-refractivity contribution is 0.0523. The molecule has 5 nitrogen and oxygen atoms in total. The number of ether oxygens (including phenoxy) is 1. The zero-order valence-corrected chi connectivity index (χ0v) is 97.2. The quantitative estimate of drug-likeness (QED) is 0.0719. The lowest BCUT2D eigenvalue weighted by Gasteiger charge is -2.24. The van der Waals surface area contributed by atoms with Crippen molar-refractivity contribution in [3.8, 4) is 0 Å². The molecule has 2 saturated carbocycles. The number of nitrogens with zero attached hydrogens (tertiary/aromatic N) is 4. The predicted octanol–water partition coefficient (Wildman–Crippen LogP) is 41.5. The summed E-state index contributed by atoms with van der Waals surface area (Å²) < 4.78 is 5.25. The molecule has 5 heterocycles. The Kier molecular flexibility index (Phi) is 93.1. The molecule has 0 spiro atoms. The van der Waals surface area contributed by atoms with Gasteiger partial charge in [0.1, 0.15) is 0 Å². The Morgan fingerprint density at radius 3 is 0.832 bits per heavy atom. The van der Waals surface area contributed by atoms with Gasteiger partial charge in [-0.15, -0.1) is 0 Å². The smallest absolute Gasteiger partial charge is 0.0468 e. The van der Waals surface area contributed by atoms with Gasteiger partial charge in [0.25, 0.3) is 0 Å². The van der Waals surface area contributed by atoms with Gasteiger partial charge in [0.15, 0.2) is 0 Å². The van der Waals surface area contributed by atoms with Crippen molar-refractivity contribution in [2.24, 2.45) is 129 Å². The number of rotatable bonds is 21. The number of hydrogen-bond acceptors (Lipinski definition) is 5. The summed E-state index contributed by atoms with van der Waals surface area (Å²) in [4.78, 5) is 16.1. The van der Waals surface area contributed by atoms with E-state index >= 15 is 0 Å². The molecule has 1 saturated heterocycles. The van der Waals surface area contributed by atoms with Crippen molar-refractivity contribution in [3.05, 3.63) is 192 Å². The Balaban J connectivity index is -0.000000251. The summed E-state index contributed by atoms with van der Waals surface area (Å²) >= 11 is 0. The number of hydrogen-bond donors (Lipinski definition) is 0. The lowest BCUT2D eigenvalue weighted by atomic mass is 9.82. The highest BCUT2D eigenvalue weighted by atomic mass is 16.5. The SMILES string of the molecule is CC(C)C(C)(C)C.CC(C)C(C)C.CC(C)C1CCCC1.CC(C)C1CCCCC1.CC(C)C1CCOCC1.CC(C)CC(C)(C)C.CC(C)CC(C)C.CC(C)Cc1ccccc1.CC(C)Cc1cccnc1.CC(C)c1ccccc1.CC(C)c1ccccn1.CC(C)c1cccnc1.CC(C)c1ccncc1.CCC(C)C(C)C.CC[C@@H](C)C(C)C.CC[C@H](C)C(C)C. The van der Waals surface area contributed by atoms with E-state index in [1.165, 1.54) is 137 Å². The van der Waals surface area contributed by atoms with Crippen LogP contribution in [-0.2, 0) is 17.6 Å². The van der Waals surface area contributed by atoms with E-state index in [9.17, 15) is 0 Å². The summed E-state index contributed by atoms with van der Waals surface area (Å²) in [7, 11) is 0. The Bertz CT molecular complexity index is 2880. The second-order valence-corrected chi connectivity index (χ2v) is 47.1. The van der Waals surface area contributed by atoms with Crippen molar-refractivity contribution in [3.63, 3.8) is 0 Å². The van der Waals surface area contributed by atoms with Gasteiger partial charge in [0.2, 0.25) is 0 Å². The predicted molar refractivity (Wildman–Crippen MR) is 600 cm³/mol. The van der Waals surface area contributed by atoms with E-state index in [0.29, 0.717) is 34.5 Å². The van der Waals surface area contributed by atoms with Crippen LogP contribution in [0.4, 0.5) is 0 Å². The Morgan fingerprint density at radius 2 is 0.626 bits per heavy atom. The minimum Gasteiger partial charge on any atom is -0.381 e. The third-order valence-electron chi connectivity index (χ3n) is 25.8. The van der Waals surface area contributed by atoms with Crippen molar-refractivity contribution >= 4 is 0 Å². The fourth-order valence-corrected chi connectivity index (χ4v) is 13.5. The molecule has 764 valence electrons. The first-order valence-electron chi connectivity index (χ1n) is 54.1. The summed E-state index contributed by atoms with van der Waals surface area (Å²) in [5.41, 5.74) is 9.03.